The van der Waals surface area contributed by atoms with Crippen LogP contribution in [0.25, 0.3) is 0 Å². The number of hydrogen-bond donors (Lipinski definition) is 0. The summed E-state index contributed by atoms with van der Waals surface area (Å²) in [7, 11) is 0. The molecule has 1 atom stereocenters. The Morgan fingerprint density at radius 3 is 1.75 bits per heavy atom. The fraction of sp³-hybridized carbons (Fsp3) is 0.909. The fourth-order valence-electron chi connectivity index (χ4n) is 1.23. The third-order valence-corrected chi connectivity index (χ3v) is 1.74. The number of carbonyl (C=O) groups excluding carboxylic acids is 1. The molecule has 0 aromatic heterocycles. The summed E-state index contributed by atoms with van der Waals surface area (Å²) in [5.41, 5.74) is 0. The summed E-state index contributed by atoms with van der Waals surface area (Å²) in [6.07, 6.45) is -0.619. The van der Waals surface area contributed by atoms with E-state index in [0.717, 1.165) is 0 Å². The van der Waals surface area contributed by atoms with Gasteiger partial charge in [0.25, 0.3) is 0 Å². The minimum Gasteiger partial charge on any atom is -0.436 e. The van der Waals surface area contributed by atoms with Crippen LogP contribution in [0.5, 0.6) is 0 Å². The second-order valence-electron chi connectivity index (χ2n) is 3.07. The zero-order chi connectivity index (χ0) is 12.4. The quantitative estimate of drug-likeness (QED) is 0.449. The molecule has 0 spiro atoms. The van der Waals surface area contributed by atoms with Crippen molar-refractivity contribution in [2.24, 2.45) is 0 Å². The first-order chi connectivity index (χ1) is 7.63. The zero-order valence-corrected chi connectivity index (χ0v) is 10.5. The summed E-state index contributed by atoms with van der Waals surface area (Å²) in [5.74, 6) is -0.370. The number of rotatable bonds is 9. The van der Waals surface area contributed by atoms with Crippen LogP contribution in [-0.2, 0) is 23.7 Å². The summed E-state index contributed by atoms with van der Waals surface area (Å²) in [6.45, 7) is 8.52. The van der Waals surface area contributed by atoms with Crippen LogP contribution < -0.4 is 0 Å². The number of hydrogen-bond acceptors (Lipinski definition) is 5. The van der Waals surface area contributed by atoms with Gasteiger partial charge in [-0.3, -0.25) is 4.79 Å². The smallest absolute Gasteiger partial charge is 0.304 e. The van der Waals surface area contributed by atoms with E-state index >= 15 is 0 Å². The first-order valence-corrected chi connectivity index (χ1v) is 5.65. The predicted octanol–water partition coefficient (Wildman–Crippen LogP) is 1.70. The van der Waals surface area contributed by atoms with Gasteiger partial charge in [0.2, 0.25) is 6.29 Å². The maximum Gasteiger partial charge on any atom is 0.304 e. The number of ether oxygens (including phenoxy) is 4. The lowest BCUT2D eigenvalue weighted by atomic mass is 10.4. The lowest BCUT2D eigenvalue weighted by Gasteiger charge is -2.22. The molecule has 0 amide bonds. The molecule has 0 aliphatic carbocycles. The van der Waals surface area contributed by atoms with Gasteiger partial charge in [-0.15, -0.1) is 0 Å². The minimum absolute atomic E-state index is 0.370. The molecule has 96 valence electrons. The standard InChI is InChI=1S/C11H22O5/c1-5-13-10(14-6-2)8-11(15-7-3)16-9(4)12/h10-11H,5-8H2,1-4H3. The molecule has 0 rings (SSSR count). The van der Waals surface area contributed by atoms with Gasteiger partial charge in [-0.2, -0.15) is 0 Å². The molecule has 0 saturated heterocycles. The summed E-state index contributed by atoms with van der Waals surface area (Å²) in [4.78, 5) is 10.8. The Morgan fingerprint density at radius 2 is 1.38 bits per heavy atom. The van der Waals surface area contributed by atoms with E-state index in [1.807, 2.05) is 20.8 Å². The van der Waals surface area contributed by atoms with E-state index in [1.54, 1.807) is 0 Å². The largest absolute Gasteiger partial charge is 0.436 e. The second kappa shape index (κ2) is 9.57. The Morgan fingerprint density at radius 1 is 0.938 bits per heavy atom. The molecule has 16 heavy (non-hydrogen) atoms. The normalized spacial score (nSPS) is 12.8. The topological polar surface area (TPSA) is 54.0 Å². The van der Waals surface area contributed by atoms with Crippen molar-refractivity contribution in [1.82, 2.24) is 0 Å². The van der Waals surface area contributed by atoms with Crippen molar-refractivity contribution in [3.8, 4) is 0 Å². The van der Waals surface area contributed by atoms with Gasteiger partial charge in [-0.25, -0.2) is 0 Å². The minimum atomic E-state index is -0.606. The molecule has 0 aliphatic rings. The monoisotopic (exact) mass is 234 g/mol. The van der Waals surface area contributed by atoms with Crippen molar-refractivity contribution in [2.45, 2.75) is 46.7 Å². The summed E-state index contributed by atoms with van der Waals surface area (Å²) in [5, 5.41) is 0. The maximum atomic E-state index is 10.8. The van der Waals surface area contributed by atoms with Gasteiger partial charge in [-0.05, 0) is 20.8 Å². The van der Waals surface area contributed by atoms with E-state index in [2.05, 4.69) is 0 Å². The van der Waals surface area contributed by atoms with Crippen molar-refractivity contribution < 1.29 is 23.7 Å². The Kier molecular flexibility index (Phi) is 9.18. The van der Waals surface area contributed by atoms with E-state index in [4.69, 9.17) is 18.9 Å². The highest BCUT2D eigenvalue weighted by atomic mass is 16.7. The molecule has 5 nitrogen and oxygen atoms in total. The first-order valence-electron chi connectivity index (χ1n) is 5.65. The van der Waals surface area contributed by atoms with Gasteiger partial charge >= 0.3 is 5.97 Å². The molecule has 0 aromatic rings. The molecule has 5 heteroatoms. The van der Waals surface area contributed by atoms with Crippen molar-refractivity contribution in [3.05, 3.63) is 0 Å². The second-order valence-corrected chi connectivity index (χ2v) is 3.07. The van der Waals surface area contributed by atoms with Gasteiger partial charge in [0.05, 0.1) is 6.42 Å². The third kappa shape index (κ3) is 7.62. The number of esters is 1. The SMILES string of the molecule is CCOC(CC(OCC)OC(C)=O)OCC. The molecule has 0 aromatic carbocycles. The summed E-state index contributed by atoms with van der Waals surface area (Å²) < 4.78 is 21.0. The van der Waals surface area contributed by atoms with Crippen LogP contribution in [-0.4, -0.2) is 38.4 Å². The molecule has 0 aliphatic heterocycles. The van der Waals surface area contributed by atoms with Crippen LogP contribution >= 0.6 is 0 Å². The lowest BCUT2D eigenvalue weighted by Crippen LogP contribution is -2.29. The van der Waals surface area contributed by atoms with Gasteiger partial charge in [0, 0.05) is 26.7 Å². The van der Waals surface area contributed by atoms with Gasteiger partial charge in [0.1, 0.15) is 0 Å². The van der Waals surface area contributed by atoms with Crippen LogP contribution in [0.15, 0.2) is 0 Å². The van der Waals surface area contributed by atoms with Crippen molar-refractivity contribution >= 4 is 5.97 Å². The van der Waals surface area contributed by atoms with Gasteiger partial charge < -0.3 is 18.9 Å². The molecular formula is C11H22O5. The summed E-state index contributed by atoms with van der Waals surface area (Å²) >= 11 is 0. The average Bonchev–Trinajstić information content (AvgIpc) is 2.17. The molecule has 0 fully saturated rings. The Labute approximate surface area is 97.0 Å². The van der Waals surface area contributed by atoms with E-state index in [0.29, 0.717) is 26.2 Å². The van der Waals surface area contributed by atoms with E-state index in [-0.39, 0.29) is 5.97 Å². The highest BCUT2D eigenvalue weighted by Crippen LogP contribution is 2.10. The average molecular weight is 234 g/mol. The van der Waals surface area contributed by atoms with Crippen molar-refractivity contribution in [1.29, 1.82) is 0 Å². The van der Waals surface area contributed by atoms with Crippen LogP contribution in [0, 0.1) is 0 Å². The summed E-state index contributed by atoms with van der Waals surface area (Å²) in [6, 6.07) is 0. The van der Waals surface area contributed by atoms with Crippen LogP contribution in [0.1, 0.15) is 34.1 Å². The van der Waals surface area contributed by atoms with Gasteiger partial charge in [-0.1, -0.05) is 0 Å². The highest BCUT2D eigenvalue weighted by Gasteiger charge is 2.19. The van der Waals surface area contributed by atoms with Crippen LogP contribution in [0.4, 0.5) is 0 Å². The Hall–Kier alpha value is -0.650. The Balaban J connectivity index is 4.13. The van der Waals surface area contributed by atoms with E-state index in [1.165, 1.54) is 6.92 Å². The first kappa shape index (κ1) is 15.3. The molecule has 0 radical (unpaired) electrons. The molecule has 0 saturated carbocycles. The number of carbonyl (C=O) groups is 1. The van der Waals surface area contributed by atoms with Crippen molar-refractivity contribution in [3.63, 3.8) is 0 Å². The highest BCUT2D eigenvalue weighted by molar-refractivity contribution is 5.66. The Bertz CT molecular complexity index is 177. The molecular weight excluding hydrogens is 212 g/mol. The molecule has 0 heterocycles. The molecule has 0 bridgehead atoms. The van der Waals surface area contributed by atoms with Gasteiger partial charge in [0.15, 0.2) is 6.29 Å². The maximum absolute atomic E-state index is 10.8. The van der Waals surface area contributed by atoms with Crippen LogP contribution in [0.2, 0.25) is 0 Å². The molecule has 1 unspecified atom stereocenters. The third-order valence-electron chi connectivity index (χ3n) is 1.74. The van der Waals surface area contributed by atoms with E-state index < -0.39 is 12.6 Å². The zero-order valence-electron chi connectivity index (χ0n) is 10.5. The van der Waals surface area contributed by atoms with Crippen molar-refractivity contribution in [2.75, 3.05) is 19.8 Å². The molecule has 0 N–H and O–H groups in total. The fourth-order valence-corrected chi connectivity index (χ4v) is 1.23. The predicted molar refractivity (Wildman–Crippen MR) is 58.8 cm³/mol. The van der Waals surface area contributed by atoms with E-state index in [9.17, 15) is 4.79 Å². The lowest BCUT2D eigenvalue weighted by molar-refractivity contribution is -0.210. The van der Waals surface area contributed by atoms with Crippen LogP contribution in [0.3, 0.4) is 0 Å².